The second kappa shape index (κ2) is 13.0. The van der Waals surface area contributed by atoms with Crippen LogP contribution in [0.1, 0.15) is 38.2 Å². The molecule has 1 heterocycles. The lowest BCUT2D eigenvalue weighted by molar-refractivity contribution is 0.252. The number of benzene rings is 2. The van der Waals surface area contributed by atoms with Crippen LogP contribution in [0.25, 0.3) is 0 Å². The molecule has 0 bridgehead atoms. The van der Waals surface area contributed by atoms with E-state index in [0.29, 0.717) is 12.3 Å². The Morgan fingerprint density at radius 3 is 2.50 bits per heavy atom. The molecule has 6 nitrogen and oxygen atoms in total. The van der Waals surface area contributed by atoms with Crippen LogP contribution in [0.15, 0.2) is 48.5 Å². The van der Waals surface area contributed by atoms with Gasteiger partial charge in [0.2, 0.25) is 0 Å². The molecule has 0 atom stereocenters. The highest BCUT2D eigenvalue weighted by atomic mass is 16.5. The lowest BCUT2D eigenvalue weighted by Gasteiger charge is -2.36. The Bertz CT molecular complexity index is 820. The quantitative estimate of drug-likeness (QED) is 0.497. The molecular formula is C26H38N4O2. The fourth-order valence-corrected chi connectivity index (χ4v) is 4.12. The SMILES string of the molecule is CCCNC(=O)Nc1cc(CCCCCN2CCN(c3ccccc3)CC2)ccc1OC. The fraction of sp³-hybridized carbons (Fsp3) is 0.500. The first-order valence-electron chi connectivity index (χ1n) is 11.9. The molecule has 32 heavy (non-hydrogen) atoms. The van der Waals surface area contributed by atoms with Crippen LogP contribution in [0.2, 0.25) is 0 Å². The van der Waals surface area contributed by atoms with Crippen LogP contribution < -0.4 is 20.3 Å². The van der Waals surface area contributed by atoms with Crippen molar-refractivity contribution >= 4 is 17.4 Å². The van der Waals surface area contributed by atoms with Crippen LogP contribution in [0, 0.1) is 0 Å². The molecule has 0 radical (unpaired) electrons. The van der Waals surface area contributed by atoms with Crippen molar-refractivity contribution in [3.63, 3.8) is 0 Å². The van der Waals surface area contributed by atoms with E-state index in [1.54, 1.807) is 7.11 Å². The van der Waals surface area contributed by atoms with Gasteiger partial charge in [-0.15, -0.1) is 0 Å². The zero-order valence-corrected chi connectivity index (χ0v) is 19.6. The third-order valence-corrected chi connectivity index (χ3v) is 5.98. The van der Waals surface area contributed by atoms with E-state index >= 15 is 0 Å². The van der Waals surface area contributed by atoms with Crippen molar-refractivity contribution in [3.05, 3.63) is 54.1 Å². The van der Waals surface area contributed by atoms with Crippen molar-refractivity contribution in [2.45, 2.75) is 39.0 Å². The molecule has 2 N–H and O–H groups in total. The van der Waals surface area contributed by atoms with Crippen molar-refractivity contribution < 1.29 is 9.53 Å². The molecule has 1 fully saturated rings. The van der Waals surface area contributed by atoms with Gasteiger partial charge in [0.15, 0.2) is 0 Å². The Morgan fingerprint density at radius 2 is 1.78 bits per heavy atom. The number of anilines is 2. The summed E-state index contributed by atoms with van der Waals surface area (Å²) in [4.78, 5) is 17.1. The van der Waals surface area contributed by atoms with Gasteiger partial charge in [0.05, 0.1) is 12.8 Å². The number of hydrogen-bond acceptors (Lipinski definition) is 4. The Hall–Kier alpha value is -2.73. The molecule has 1 saturated heterocycles. The Kier molecular flexibility index (Phi) is 9.69. The number of piperazine rings is 1. The highest BCUT2D eigenvalue weighted by Gasteiger charge is 2.16. The number of carbonyl (C=O) groups excluding carboxylic acids is 1. The van der Waals surface area contributed by atoms with Gasteiger partial charge in [-0.2, -0.15) is 0 Å². The molecule has 2 aromatic carbocycles. The number of ether oxygens (including phenoxy) is 1. The molecule has 174 valence electrons. The highest BCUT2D eigenvalue weighted by molar-refractivity contribution is 5.91. The van der Waals surface area contributed by atoms with Crippen molar-refractivity contribution in [1.29, 1.82) is 0 Å². The number of aryl methyl sites for hydroxylation is 1. The molecule has 0 aromatic heterocycles. The highest BCUT2D eigenvalue weighted by Crippen LogP contribution is 2.26. The largest absolute Gasteiger partial charge is 0.495 e. The first-order chi connectivity index (χ1) is 15.7. The number of unbranched alkanes of at least 4 members (excludes halogenated alkanes) is 2. The molecule has 3 rings (SSSR count). The van der Waals surface area contributed by atoms with Gasteiger partial charge >= 0.3 is 6.03 Å². The molecule has 1 aliphatic rings. The van der Waals surface area contributed by atoms with Crippen molar-refractivity contribution in [2.75, 3.05) is 56.6 Å². The smallest absolute Gasteiger partial charge is 0.319 e. The summed E-state index contributed by atoms with van der Waals surface area (Å²) in [6.07, 6.45) is 5.51. The maximum atomic E-state index is 12.0. The zero-order chi connectivity index (χ0) is 22.6. The van der Waals surface area contributed by atoms with Gasteiger partial charge in [-0.1, -0.05) is 37.6 Å². The second-order valence-electron chi connectivity index (χ2n) is 8.39. The summed E-state index contributed by atoms with van der Waals surface area (Å²) in [7, 11) is 1.63. The standard InChI is InChI=1S/C26H38N4O2/c1-3-15-27-26(31)28-24-21-22(13-14-25(24)32-2)10-6-5-9-16-29-17-19-30(20-18-29)23-11-7-4-8-12-23/h4,7-8,11-14,21H,3,5-6,9-10,15-20H2,1-2H3,(H2,27,28,31). The average Bonchev–Trinajstić information content (AvgIpc) is 2.83. The van der Waals surface area contributed by atoms with Gasteiger partial charge < -0.3 is 20.3 Å². The summed E-state index contributed by atoms with van der Waals surface area (Å²) in [5.74, 6) is 0.690. The van der Waals surface area contributed by atoms with Gasteiger partial charge in [-0.3, -0.25) is 4.90 Å². The summed E-state index contributed by atoms with van der Waals surface area (Å²) in [6.45, 7) is 8.37. The minimum absolute atomic E-state index is 0.185. The normalized spacial score (nSPS) is 14.2. The molecule has 0 saturated carbocycles. The number of amides is 2. The average molecular weight is 439 g/mol. The lowest BCUT2D eigenvalue weighted by atomic mass is 10.1. The molecule has 0 spiro atoms. The third-order valence-electron chi connectivity index (χ3n) is 5.98. The molecule has 1 aliphatic heterocycles. The first kappa shape index (κ1) is 23.9. The van der Waals surface area contributed by atoms with E-state index in [-0.39, 0.29) is 6.03 Å². The molecule has 0 aliphatic carbocycles. The molecule has 2 aromatic rings. The van der Waals surface area contributed by atoms with E-state index < -0.39 is 0 Å². The molecule has 2 amide bonds. The minimum atomic E-state index is -0.185. The van der Waals surface area contributed by atoms with Crippen LogP contribution in [0.4, 0.5) is 16.2 Å². The maximum Gasteiger partial charge on any atom is 0.319 e. The number of para-hydroxylation sites is 1. The van der Waals surface area contributed by atoms with E-state index in [1.165, 1.54) is 30.6 Å². The molecule has 0 unspecified atom stereocenters. The van der Waals surface area contributed by atoms with E-state index in [2.05, 4.69) is 56.8 Å². The number of nitrogens with zero attached hydrogens (tertiary/aromatic N) is 2. The maximum absolute atomic E-state index is 12.0. The van der Waals surface area contributed by atoms with Crippen LogP contribution in [-0.4, -0.2) is 57.3 Å². The predicted molar refractivity (Wildman–Crippen MR) is 133 cm³/mol. The fourth-order valence-electron chi connectivity index (χ4n) is 4.12. The van der Waals surface area contributed by atoms with E-state index in [4.69, 9.17) is 4.74 Å². The van der Waals surface area contributed by atoms with Gasteiger partial charge in [-0.05, 0) is 62.1 Å². The molecular weight excluding hydrogens is 400 g/mol. The Labute approximate surface area is 192 Å². The predicted octanol–water partition coefficient (Wildman–Crippen LogP) is 4.76. The monoisotopic (exact) mass is 438 g/mol. The number of hydrogen-bond donors (Lipinski definition) is 2. The van der Waals surface area contributed by atoms with E-state index in [9.17, 15) is 4.79 Å². The minimum Gasteiger partial charge on any atom is -0.495 e. The van der Waals surface area contributed by atoms with E-state index in [0.717, 1.165) is 51.1 Å². The summed E-state index contributed by atoms with van der Waals surface area (Å²) in [5.41, 5.74) is 3.30. The van der Waals surface area contributed by atoms with Crippen LogP contribution >= 0.6 is 0 Å². The van der Waals surface area contributed by atoms with Crippen molar-refractivity contribution in [1.82, 2.24) is 10.2 Å². The van der Waals surface area contributed by atoms with Gasteiger partial charge in [-0.25, -0.2) is 4.79 Å². The van der Waals surface area contributed by atoms with Crippen LogP contribution in [0.5, 0.6) is 5.75 Å². The topological polar surface area (TPSA) is 56.8 Å². The lowest BCUT2D eigenvalue weighted by Crippen LogP contribution is -2.46. The number of nitrogens with one attached hydrogen (secondary N) is 2. The Balaban J connectivity index is 1.36. The summed E-state index contributed by atoms with van der Waals surface area (Å²) >= 11 is 0. The molecule has 6 heteroatoms. The second-order valence-corrected chi connectivity index (χ2v) is 8.39. The summed E-state index contributed by atoms with van der Waals surface area (Å²) in [5, 5.41) is 5.75. The Morgan fingerprint density at radius 1 is 1.00 bits per heavy atom. The zero-order valence-electron chi connectivity index (χ0n) is 19.6. The number of urea groups is 1. The van der Waals surface area contributed by atoms with E-state index in [1.807, 2.05) is 19.1 Å². The number of rotatable bonds is 11. The summed E-state index contributed by atoms with van der Waals surface area (Å²) < 4.78 is 5.40. The number of methoxy groups -OCH3 is 1. The van der Waals surface area contributed by atoms with Gasteiger partial charge in [0.1, 0.15) is 5.75 Å². The summed E-state index contributed by atoms with van der Waals surface area (Å²) in [6, 6.07) is 16.6. The van der Waals surface area contributed by atoms with Crippen LogP contribution in [-0.2, 0) is 6.42 Å². The van der Waals surface area contributed by atoms with Crippen molar-refractivity contribution in [3.8, 4) is 5.75 Å². The van der Waals surface area contributed by atoms with Gasteiger partial charge in [0.25, 0.3) is 0 Å². The third kappa shape index (κ3) is 7.45. The number of carbonyl (C=O) groups is 1. The van der Waals surface area contributed by atoms with Crippen LogP contribution in [0.3, 0.4) is 0 Å². The van der Waals surface area contributed by atoms with Gasteiger partial charge in [0, 0.05) is 38.4 Å². The van der Waals surface area contributed by atoms with Crippen molar-refractivity contribution in [2.24, 2.45) is 0 Å². The first-order valence-corrected chi connectivity index (χ1v) is 11.9.